The molecule has 0 heterocycles. The van der Waals surface area contributed by atoms with E-state index in [9.17, 15) is 14.4 Å². The van der Waals surface area contributed by atoms with E-state index in [4.69, 9.17) is 14.2 Å². The summed E-state index contributed by atoms with van der Waals surface area (Å²) in [4.78, 5) is 38.4. The van der Waals surface area contributed by atoms with E-state index >= 15 is 0 Å². The van der Waals surface area contributed by atoms with Crippen LogP contribution in [0.5, 0.6) is 0 Å². The summed E-state index contributed by atoms with van der Waals surface area (Å²) in [6.45, 7) is 6.53. The highest BCUT2D eigenvalue weighted by Gasteiger charge is 2.19. The van der Waals surface area contributed by atoms with Crippen molar-refractivity contribution in [1.82, 2.24) is 0 Å². The fourth-order valence-corrected chi connectivity index (χ4v) is 9.77. The standard InChI is InChI=1S/C76H130O6/c1-4-7-10-13-16-19-22-25-28-30-32-34-35-36-37-38-39-40-41-43-44-46-48-51-54-57-60-63-66-69-75(78)81-72-73(71-80-74(77)68-65-62-59-56-53-50-27-24-21-18-15-12-9-6-3)82-76(79)70-67-64-61-58-55-52-49-47-45-42-33-31-29-26-23-20-17-14-11-8-5-2/h7,10,16,19,24-25,27-28,31-34,36-37,39-40,43-44,73H,4-6,8-9,11-15,17-18,20-23,26,29-30,35,38,41-42,45-72H2,1-3H3/b10-7-,19-16-,27-24-,28-25-,33-31-,34-32-,37-36-,40-39-,44-43-. The van der Waals surface area contributed by atoms with Gasteiger partial charge in [0, 0.05) is 19.3 Å². The maximum atomic E-state index is 12.9. The highest BCUT2D eigenvalue weighted by atomic mass is 16.6. The van der Waals surface area contributed by atoms with Crippen LogP contribution < -0.4 is 0 Å². The molecule has 0 aliphatic heterocycles. The summed E-state index contributed by atoms with van der Waals surface area (Å²) in [6, 6.07) is 0. The largest absolute Gasteiger partial charge is 0.462 e. The van der Waals surface area contributed by atoms with Gasteiger partial charge in [-0.05, 0) is 128 Å². The van der Waals surface area contributed by atoms with Crippen LogP contribution in [0.4, 0.5) is 0 Å². The molecule has 0 N–H and O–H groups in total. The number of hydrogen-bond acceptors (Lipinski definition) is 6. The van der Waals surface area contributed by atoms with Crippen molar-refractivity contribution < 1.29 is 28.6 Å². The zero-order valence-electron chi connectivity index (χ0n) is 54.0. The van der Waals surface area contributed by atoms with E-state index in [0.717, 1.165) is 116 Å². The summed E-state index contributed by atoms with van der Waals surface area (Å²) in [5.41, 5.74) is 0. The van der Waals surface area contributed by atoms with Crippen LogP contribution in [-0.4, -0.2) is 37.2 Å². The van der Waals surface area contributed by atoms with E-state index < -0.39 is 6.10 Å². The number of esters is 3. The van der Waals surface area contributed by atoms with Crippen LogP contribution in [0, 0.1) is 0 Å². The van der Waals surface area contributed by atoms with Crippen LogP contribution in [0.3, 0.4) is 0 Å². The number of ether oxygens (including phenoxy) is 3. The summed E-state index contributed by atoms with van der Waals surface area (Å²) in [5.74, 6) is -0.895. The summed E-state index contributed by atoms with van der Waals surface area (Å²) in [5, 5.41) is 0. The molecule has 0 saturated heterocycles. The van der Waals surface area contributed by atoms with Crippen LogP contribution in [-0.2, 0) is 28.6 Å². The lowest BCUT2D eigenvalue weighted by Crippen LogP contribution is -2.30. The molecular formula is C76H130O6. The lowest BCUT2D eigenvalue weighted by Gasteiger charge is -2.18. The number of hydrogen-bond donors (Lipinski definition) is 0. The van der Waals surface area contributed by atoms with Crippen molar-refractivity contribution in [3.8, 4) is 0 Å². The van der Waals surface area contributed by atoms with Gasteiger partial charge in [-0.15, -0.1) is 0 Å². The van der Waals surface area contributed by atoms with Crippen molar-refractivity contribution in [3.63, 3.8) is 0 Å². The van der Waals surface area contributed by atoms with Crippen LogP contribution >= 0.6 is 0 Å². The van der Waals surface area contributed by atoms with E-state index in [-0.39, 0.29) is 31.1 Å². The Bertz CT molecular complexity index is 1640. The Kier molecular flexibility index (Phi) is 66.2. The van der Waals surface area contributed by atoms with Crippen LogP contribution in [0.1, 0.15) is 335 Å². The zero-order chi connectivity index (χ0) is 59.2. The molecule has 1 atom stereocenters. The Labute approximate surface area is 508 Å². The maximum absolute atomic E-state index is 12.9. The van der Waals surface area contributed by atoms with Crippen LogP contribution in [0.15, 0.2) is 109 Å². The smallest absolute Gasteiger partial charge is 0.306 e. The second kappa shape index (κ2) is 69.6. The molecule has 6 heteroatoms. The first kappa shape index (κ1) is 78.1. The van der Waals surface area contributed by atoms with Gasteiger partial charge >= 0.3 is 17.9 Å². The molecule has 6 nitrogen and oxygen atoms in total. The molecule has 0 spiro atoms. The fourth-order valence-electron chi connectivity index (χ4n) is 9.77. The number of carbonyl (C=O) groups excluding carboxylic acids is 3. The molecule has 0 bridgehead atoms. The van der Waals surface area contributed by atoms with Gasteiger partial charge in [-0.25, -0.2) is 0 Å². The third-order valence-electron chi connectivity index (χ3n) is 15.0. The molecule has 0 radical (unpaired) electrons. The first-order valence-electron chi connectivity index (χ1n) is 34.9. The van der Waals surface area contributed by atoms with Crippen LogP contribution in [0.2, 0.25) is 0 Å². The van der Waals surface area contributed by atoms with Crippen molar-refractivity contribution >= 4 is 17.9 Å². The molecule has 82 heavy (non-hydrogen) atoms. The molecule has 0 saturated carbocycles. The monoisotopic (exact) mass is 1140 g/mol. The van der Waals surface area contributed by atoms with Gasteiger partial charge in [-0.2, -0.15) is 0 Å². The summed E-state index contributed by atoms with van der Waals surface area (Å²) >= 11 is 0. The molecule has 0 fully saturated rings. The lowest BCUT2D eigenvalue weighted by atomic mass is 10.1. The molecule has 0 aliphatic rings. The molecule has 0 aliphatic carbocycles. The minimum absolute atomic E-state index is 0.0857. The molecular weight excluding hydrogens is 1010 g/mol. The minimum atomic E-state index is -0.790. The Balaban J connectivity index is 4.35. The third-order valence-corrected chi connectivity index (χ3v) is 15.0. The predicted octanol–water partition coefficient (Wildman–Crippen LogP) is 24.2. The normalized spacial score (nSPS) is 12.8. The van der Waals surface area contributed by atoms with Gasteiger partial charge in [-0.3, -0.25) is 14.4 Å². The van der Waals surface area contributed by atoms with E-state index in [1.807, 2.05) is 0 Å². The van der Waals surface area contributed by atoms with E-state index in [1.54, 1.807) is 0 Å². The zero-order valence-corrected chi connectivity index (χ0v) is 54.0. The van der Waals surface area contributed by atoms with Gasteiger partial charge < -0.3 is 14.2 Å². The third kappa shape index (κ3) is 66.9. The highest BCUT2D eigenvalue weighted by Crippen LogP contribution is 2.16. The van der Waals surface area contributed by atoms with Crippen molar-refractivity contribution in [2.45, 2.75) is 341 Å². The Morgan fingerprint density at radius 1 is 0.256 bits per heavy atom. The molecule has 0 aromatic heterocycles. The molecule has 0 aromatic rings. The van der Waals surface area contributed by atoms with E-state index in [1.165, 1.54) is 180 Å². The predicted molar refractivity (Wildman–Crippen MR) is 357 cm³/mol. The number of unbranched alkanes of at least 4 members (excludes halogenated alkanes) is 34. The Morgan fingerprint density at radius 2 is 0.476 bits per heavy atom. The summed E-state index contributed by atoms with van der Waals surface area (Å²) in [7, 11) is 0. The minimum Gasteiger partial charge on any atom is -0.462 e. The number of carbonyl (C=O) groups is 3. The van der Waals surface area contributed by atoms with Gasteiger partial charge in [-0.1, -0.05) is 297 Å². The topological polar surface area (TPSA) is 78.9 Å². The van der Waals surface area contributed by atoms with Gasteiger partial charge in [0.1, 0.15) is 13.2 Å². The number of rotatable bonds is 63. The van der Waals surface area contributed by atoms with Crippen molar-refractivity contribution in [3.05, 3.63) is 109 Å². The van der Waals surface area contributed by atoms with Gasteiger partial charge in [0.25, 0.3) is 0 Å². The van der Waals surface area contributed by atoms with Gasteiger partial charge in [0.2, 0.25) is 0 Å². The SMILES string of the molecule is CC/C=C\C/C=C\C/C=C\C/C=C\C/C=C\C/C=C\C/C=C\CCCCCCCCCC(=O)OCC(COC(=O)CCCCCCC/C=C\CCCCCCC)OC(=O)CCCCCCCCCCC/C=C\CCCCCCCCCC. The quantitative estimate of drug-likeness (QED) is 0.0261. The molecule has 0 amide bonds. The second-order valence-electron chi connectivity index (χ2n) is 23.1. The van der Waals surface area contributed by atoms with E-state index in [0.29, 0.717) is 19.3 Å². The molecule has 0 rings (SSSR count). The first-order chi connectivity index (χ1) is 40.5. The average Bonchev–Trinajstić information content (AvgIpc) is 3.47. The van der Waals surface area contributed by atoms with Gasteiger partial charge in [0.05, 0.1) is 0 Å². The second-order valence-corrected chi connectivity index (χ2v) is 23.1. The average molecular weight is 1140 g/mol. The van der Waals surface area contributed by atoms with Crippen molar-refractivity contribution in [2.24, 2.45) is 0 Å². The summed E-state index contributed by atoms with van der Waals surface area (Å²) < 4.78 is 17.0. The summed E-state index contributed by atoms with van der Waals surface area (Å²) in [6.07, 6.45) is 95.3. The maximum Gasteiger partial charge on any atom is 0.306 e. The molecule has 1 unspecified atom stereocenters. The molecule has 0 aromatic carbocycles. The van der Waals surface area contributed by atoms with E-state index in [2.05, 4.69) is 130 Å². The Hall–Kier alpha value is -3.93. The lowest BCUT2D eigenvalue weighted by molar-refractivity contribution is -0.167. The van der Waals surface area contributed by atoms with Crippen molar-refractivity contribution in [2.75, 3.05) is 13.2 Å². The first-order valence-corrected chi connectivity index (χ1v) is 34.9. The number of allylic oxidation sites excluding steroid dienone is 18. The van der Waals surface area contributed by atoms with Crippen molar-refractivity contribution in [1.29, 1.82) is 0 Å². The van der Waals surface area contributed by atoms with Gasteiger partial charge in [0.15, 0.2) is 6.10 Å². The highest BCUT2D eigenvalue weighted by molar-refractivity contribution is 5.71. The Morgan fingerprint density at radius 3 is 0.756 bits per heavy atom. The fraction of sp³-hybridized carbons (Fsp3) is 0.724. The molecule has 470 valence electrons. The van der Waals surface area contributed by atoms with Crippen LogP contribution in [0.25, 0.3) is 0 Å².